The van der Waals surface area contributed by atoms with Crippen molar-refractivity contribution in [1.82, 2.24) is 20.3 Å². The molecule has 1 aliphatic rings. The number of rotatable bonds is 6. The molecular formula is C16H21N5O4. The van der Waals surface area contributed by atoms with Crippen LogP contribution in [0.1, 0.15) is 18.9 Å². The molecule has 0 atom stereocenters. The lowest BCUT2D eigenvalue weighted by atomic mass is 10.1. The zero-order valence-corrected chi connectivity index (χ0v) is 14.2. The van der Waals surface area contributed by atoms with Gasteiger partial charge in [0.15, 0.2) is 17.3 Å². The van der Waals surface area contributed by atoms with Crippen molar-refractivity contribution in [2.45, 2.75) is 26.4 Å². The lowest BCUT2D eigenvalue weighted by Gasteiger charge is -2.20. The summed E-state index contributed by atoms with van der Waals surface area (Å²) in [6.07, 6.45) is 2.63. The molecule has 9 heteroatoms. The van der Waals surface area contributed by atoms with Crippen molar-refractivity contribution in [2.75, 3.05) is 25.6 Å². The van der Waals surface area contributed by atoms with Crippen LogP contribution in [0.4, 0.5) is 10.6 Å². The average Bonchev–Trinajstić information content (AvgIpc) is 3.06. The fourth-order valence-corrected chi connectivity index (χ4v) is 2.47. The van der Waals surface area contributed by atoms with Gasteiger partial charge in [-0.1, -0.05) is 12.1 Å². The smallest absolute Gasteiger partial charge is 0.320 e. The number of amides is 2. The van der Waals surface area contributed by atoms with Gasteiger partial charge in [-0.2, -0.15) is 0 Å². The quantitative estimate of drug-likeness (QED) is 0.826. The molecule has 0 bridgehead atoms. The Morgan fingerprint density at radius 2 is 2.08 bits per heavy atom. The zero-order chi connectivity index (χ0) is 17.6. The summed E-state index contributed by atoms with van der Waals surface area (Å²) in [5.41, 5.74) is 0.788. The molecule has 1 aromatic carbocycles. The van der Waals surface area contributed by atoms with Gasteiger partial charge in [-0.05, 0) is 12.5 Å². The van der Waals surface area contributed by atoms with E-state index in [0.29, 0.717) is 36.3 Å². The molecule has 2 heterocycles. The van der Waals surface area contributed by atoms with E-state index in [4.69, 9.17) is 14.2 Å². The minimum absolute atomic E-state index is 0.273. The molecule has 0 aliphatic carbocycles. The Hall–Kier alpha value is -2.97. The maximum Gasteiger partial charge on any atom is 0.320 e. The topological polar surface area (TPSA) is 99.5 Å². The Labute approximate surface area is 145 Å². The molecule has 134 valence electrons. The first-order valence-electron chi connectivity index (χ1n) is 8.11. The molecule has 2 amide bonds. The van der Waals surface area contributed by atoms with Crippen molar-refractivity contribution in [2.24, 2.45) is 0 Å². The van der Waals surface area contributed by atoms with E-state index in [1.165, 1.54) is 0 Å². The normalized spacial score (nSPS) is 12.6. The van der Waals surface area contributed by atoms with Gasteiger partial charge in [0.25, 0.3) is 0 Å². The Balaban J connectivity index is 1.61. The van der Waals surface area contributed by atoms with Crippen molar-refractivity contribution in [3.05, 3.63) is 23.9 Å². The molecule has 9 nitrogen and oxygen atoms in total. The van der Waals surface area contributed by atoms with Crippen molar-refractivity contribution < 1.29 is 19.0 Å². The van der Waals surface area contributed by atoms with Crippen LogP contribution >= 0.6 is 0 Å². The van der Waals surface area contributed by atoms with Crippen molar-refractivity contribution >= 4 is 11.8 Å². The van der Waals surface area contributed by atoms with Gasteiger partial charge in [-0.15, -0.1) is 5.10 Å². The summed E-state index contributed by atoms with van der Waals surface area (Å²) in [6, 6.07) is 3.20. The average molecular weight is 347 g/mol. The summed E-state index contributed by atoms with van der Waals surface area (Å²) in [4.78, 5) is 12.0. The van der Waals surface area contributed by atoms with E-state index in [2.05, 4.69) is 20.9 Å². The lowest BCUT2D eigenvalue weighted by molar-refractivity contribution is 0.170. The number of hydrogen-bond donors (Lipinski definition) is 2. The molecule has 25 heavy (non-hydrogen) atoms. The number of ether oxygens (including phenoxy) is 3. The van der Waals surface area contributed by atoms with E-state index in [-0.39, 0.29) is 12.6 Å². The highest BCUT2D eigenvalue weighted by Gasteiger charge is 2.17. The van der Waals surface area contributed by atoms with Crippen LogP contribution in [0, 0.1) is 0 Å². The second-order valence-electron chi connectivity index (χ2n) is 5.48. The fraction of sp³-hybridized carbons (Fsp3) is 0.438. The number of nitrogens with zero attached hydrogens (tertiary/aromatic N) is 3. The summed E-state index contributed by atoms with van der Waals surface area (Å²) < 4.78 is 18.1. The highest BCUT2D eigenvalue weighted by atomic mass is 16.6. The fourth-order valence-electron chi connectivity index (χ4n) is 2.47. The molecule has 0 unspecified atom stereocenters. The van der Waals surface area contributed by atoms with Crippen LogP contribution in [0.15, 0.2) is 18.3 Å². The first-order chi connectivity index (χ1) is 12.2. The number of carbonyl (C=O) groups is 1. The van der Waals surface area contributed by atoms with Crippen LogP contribution in [-0.2, 0) is 13.1 Å². The van der Waals surface area contributed by atoms with Gasteiger partial charge in [-0.3, -0.25) is 10.00 Å². The molecular weight excluding hydrogens is 326 g/mol. The van der Waals surface area contributed by atoms with Crippen molar-refractivity contribution in [1.29, 1.82) is 0 Å². The Bertz CT molecular complexity index is 746. The van der Waals surface area contributed by atoms with E-state index in [1.54, 1.807) is 24.1 Å². The largest absolute Gasteiger partial charge is 0.496 e. The number of hydrogen-bond acceptors (Lipinski definition) is 6. The van der Waals surface area contributed by atoms with E-state index in [9.17, 15) is 4.79 Å². The molecule has 0 fully saturated rings. The number of anilines is 1. The molecule has 3 rings (SSSR count). The summed E-state index contributed by atoms with van der Waals surface area (Å²) in [5, 5.41) is 13.2. The predicted molar refractivity (Wildman–Crippen MR) is 90.2 cm³/mol. The van der Waals surface area contributed by atoms with E-state index in [1.807, 2.05) is 13.0 Å². The summed E-state index contributed by atoms with van der Waals surface area (Å²) in [7, 11) is 1.57. The van der Waals surface area contributed by atoms with Crippen LogP contribution in [0.3, 0.4) is 0 Å². The number of aromatic nitrogens is 3. The van der Waals surface area contributed by atoms with Crippen molar-refractivity contribution in [3.8, 4) is 17.2 Å². The number of urea groups is 1. The van der Waals surface area contributed by atoms with Crippen LogP contribution in [0.5, 0.6) is 17.2 Å². The Morgan fingerprint density at radius 3 is 2.80 bits per heavy atom. The molecule has 0 spiro atoms. The molecule has 0 radical (unpaired) electrons. The number of benzene rings is 1. The molecule has 0 saturated heterocycles. The standard InChI is InChI=1S/C16H21N5O4/c1-3-4-21-10-15(19-20-21)18-16(22)17-9-11-7-13-14(8-12(11)23-2)25-6-5-24-13/h7-8,10H,3-6,9H2,1-2H3,(H2,17,18,22). The minimum atomic E-state index is -0.375. The van der Waals surface area contributed by atoms with E-state index < -0.39 is 0 Å². The maximum atomic E-state index is 12.0. The third kappa shape index (κ3) is 4.11. The lowest BCUT2D eigenvalue weighted by Crippen LogP contribution is -2.28. The van der Waals surface area contributed by atoms with Gasteiger partial charge < -0.3 is 19.5 Å². The van der Waals surface area contributed by atoms with Gasteiger partial charge in [0.1, 0.15) is 19.0 Å². The van der Waals surface area contributed by atoms with Gasteiger partial charge >= 0.3 is 6.03 Å². The molecule has 1 aromatic heterocycles. The van der Waals surface area contributed by atoms with Gasteiger partial charge in [0, 0.05) is 24.7 Å². The van der Waals surface area contributed by atoms with Gasteiger partial charge in [0.05, 0.1) is 13.3 Å². The zero-order valence-electron chi connectivity index (χ0n) is 14.2. The number of nitrogens with one attached hydrogen (secondary N) is 2. The van der Waals surface area contributed by atoms with E-state index in [0.717, 1.165) is 18.5 Å². The van der Waals surface area contributed by atoms with Gasteiger partial charge in [-0.25, -0.2) is 4.79 Å². The Morgan fingerprint density at radius 1 is 1.32 bits per heavy atom. The second kappa shape index (κ2) is 7.73. The number of aryl methyl sites for hydroxylation is 1. The number of fused-ring (bicyclic) bond motifs is 1. The van der Waals surface area contributed by atoms with Crippen molar-refractivity contribution in [3.63, 3.8) is 0 Å². The summed E-state index contributed by atoms with van der Waals surface area (Å²) in [5.74, 6) is 2.31. The first-order valence-corrected chi connectivity index (χ1v) is 8.11. The monoisotopic (exact) mass is 347 g/mol. The van der Waals surface area contributed by atoms with Crippen LogP contribution < -0.4 is 24.8 Å². The van der Waals surface area contributed by atoms with Crippen LogP contribution in [-0.4, -0.2) is 41.3 Å². The van der Waals surface area contributed by atoms with Crippen LogP contribution in [0.2, 0.25) is 0 Å². The molecule has 2 aromatic rings. The SMILES string of the molecule is CCCn1cc(NC(=O)NCc2cc3c(cc2OC)OCCO3)nn1. The van der Waals surface area contributed by atoms with Gasteiger partial charge in [0.2, 0.25) is 0 Å². The number of methoxy groups -OCH3 is 1. The first kappa shape index (κ1) is 16.9. The van der Waals surface area contributed by atoms with Crippen LogP contribution in [0.25, 0.3) is 0 Å². The molecule has 0 saturated carbocycles. The highest BCUT2D eigenvalue weighted by Crippen LogP contribution is 2.36. The predicted octanol–water partition coefficient (Wildman–Crippen LogP) is 1.79. The third-order valence-electron chi connectivity index (χ3n) is 3.62. The number of carbonyl (C=O) groups excluding carboxylic acids is 1. The molecule has 2 N–H and O–H groups in total. The molecule has 1 aliphatic heterocycles. The maximum absolute atomic E-state index is 12.0. The van der Waals surface area contributed by atoms with E-state index >= 15 is 0 Å². The second-order valence-corrected chi connectivity index (χ2v) is 5.48. The minimum Gasteiger partial charge on any atom is -0.496 e. The Kier molecular flexibility index (Phi) is 5.22. The summed E-state index contributed by atoms with van der Waals surface area (Å²) in [6.45, 7) is 4.08. The highest BCUT2D eigenvalue weighted by molar-refractivity contribution is 5.87. The third-order valence-corrected chi connectivity index (χ3v) is 3.62. The summed E-state index contributed by atoms with van der Waals surface area (Å²) >= 11 is 0.